The van der Waals surface area contributed by atoms with Crippen molar-refractivity contribution in [3.05, 3.63) is 0 Å². The van der Waals surface area contributed by atoms with Crippen LogP contribution in [0.1, 0.15) is 52.4 Å². The minimum absolute atomic E-state index is 0.0485. The molecule has 0 aromatic rings. The molecule has 3 N–H and O–H groups in total. The first-order valence-electron chi connectivity index (χ1n) is 11.3. The SMILES string of the molecule is CC1(C)O[C@H]2O[C@H]([C@H](O)CO)[C@]3(OCC[C@@H](CC4(CCCCO)SCCCS4)O3)[C@H]2O1. The molecule has 4 rings (SSSR count). The van der Waals surface area contributed by atoms with Gasteiger partial charge in [-0.3, -0.25) is 0 Å². The molecule has 4 fully saturated rings. The summed E-state index contributed by atoms with van der Waals surface area (Å²) in [6.45, 7) is 3.83. The van der Waals surface area contributed by atoms with Gasteiger partial charge in [0.1, 0.15) is 12.2 Å². The number of hydrogen-bond acceptors (Lipinski definition) is 10. The summed E-state index contributed by atoms with van der Waals surface area (Å²) in [4.78, 5) is 0. The molecule has 180 valence electrons. The zero-order valence-corrected chi connectivity index (χ0v) is 20.0. The van der Waals surface area contributed by atoms with Gasteiger partial charge in [0.25, 0.3) is 0 Å². The van der Waals surface area contributed by atoms with Crippen LogP contribution >= 0.6 is 23.5 Å². The average molecular weight is 481 g/mol. The maximum absolute atomic E-state index is 10.5. The minimum Gasteiger partial charge on any atom is -0.396 e. The van der Waals surface area contributed by atoms with Crippen LogP contribution in [0.25, 0.3) is 0 Å². The number of unbranched alkanes of at least 4 members (excludes halogenated alkanes) is 1. The lowest BCUT2D eigenvalue weighted by atomic mass is 9.97. The van der Waals surface area contributed by atoms with Crippen molar-refractivity contribution in [2.24, 2.45) is 0 Å². The summed E-state index contributed by atoms with van der Waals surface area (Å²) in [6, 6.07) is 0. The Hall–Kier alpha value is 0.380. The lowest BCUT2D eigenvalue weighted by Crippen LogP contribution is -2.61. The minimum atomic E-state index is -1.32. The summed E-state index contributed by atoms with van der Waals surface area (Å²) in [5, 5.41) is 29.3. The van der Waals surface area contributed by atoms with E-state index < -0.39 is 42.8 Å². The van der Waals surface area contributed by atoms with Crippen LogP contribution in [-0.2, 0) is 23.7 Å². The largest absolute Gasteiger partial charge is 0.396 e. The first kappa shape index (κ1) is 24.5. The van der Waals surface area contributed by atoms with E-state index in [-0.39, 0.29) is 16.8 Å². The van der Waals surface area contributed by atoms with Gasteiger partial charge >= 0.3 is 0 Å². The molecule has 1 spiro atoms. The fourth-order valence-electron chi connectivity index (χ4n) is 4.94. The molecular weight excluding hydrogens is 444 g/mol. The normalized spacial score (nSPS) is 40.2. The fraction of sp³-hybridized carbons (Fsp3) is 1.00. The Morgan fingerprint density at radius 2 is 1.84 bits per heavy atom. The van der Waals surface area contributed by atoms with Gasteiger partial charge in [-0.15, -0.1) is 23.5 Å². The average Bonchev–Trinajstić information content (AvgIpc) is 3.19. The zero-order chi connectivity index (χ0) is 22.1. The highest BCUT2D eigenvalue weighted by Gasteiger charge is 2.69. The van der Waals surface area contributed by atoms with Crippen LogP contribution in [0.3, 0.4) is 0 Å². The molecular formula is C21H36O8S2. The fourth-order valence-corrected chi connectivity index (χ4v) is 8.46. The second-order valence-corrected chi connectivity index (χ2v) is 12.4. The summed E-state index contributed by atoms with van der Waals surface area (Å²) < 4.78 is 30.7. The Bertz CT molecular complexity index is 602. The van der Waals surface area contributed by atoms with Crippen molar-refractivity contribution >= 4 is 23.5 Å². The molecule has 4 aliphatic rings. The zero-order valence-electron chi connectivity index (χ0n) is 18.4. The first-order valence-corrected chi connectivity index (χ1v) is 13.3. The van der Waals surface area contributed by atoms with Crippen molar-refractivity contribution in [2.75, 3.05) is 31.3 Å². The maximum Gasteiger partial charge on any atom is 0.230 e. The molecule has 0 aliphatic carbocycles. The molecule has 0 radical (unpaired) electrons. The van der Waals surface area contributed by atoms with Gasteiger partial charge in [-0.1, -0.05) is 0 Å². The lowest BCUT2D eigenvalue weighted by Gasteiger charge is -2.47. The molecule has 10 heteroatoms. The number of fused-ring (bicyclic) bond motifs is 2. The molecule has 0 saturated carbocycles. The summed E-state index contributed by atoms with van der Waals surface area (Å²) in [6.07, 6.45) is 2.08. The summed E-state index contributed by atoms with van der Waals surface area (Å²) >= 11 is 4.00. The van der Waals surface area contributed by atoms with Crippen LogP contribution in [0.4, 0.5) is 0 Å². The second kappa shape index (κ2) is 9.93. The van der Waals surface area contributed by atoms with Gasteiger partial charge in [0.05, 0.1) is 23.4 Å². The number of rotatable bonds is 8. The predicted octanol–water partition coefficient (Wildman–Crippen LogP) is 1.84. The molecule has 4 saturated heterocycles. The smallest absolute Gasteiger partial charge is 0.230 e. The van der Waals surface area contributed by atoms with E-state index in [1.807, 2.05) is 37.4 Å². The molecule has 4 aliphatic heterocycles. The summed E-state index contributed by atoms with van der Waals surface area (Å²) in [5.41, 5.74) is 0. The van der Waals surface area contributed by atoms with E-state index in [0.717, 1.165) is 43.6 Å². The number of thioether (sulfide) groups is 2. The Labute approximate surface area is 192 Å². The van der Waals surface area contributed by atoms with Crippen molar-refractivity contribution in [3.63, 3.8) is 0 Å². The third-order valence-corrected chi connectivity index (χ3v) is 9.80. The Balaban J connectivity index is 1.53. The van der Waals surface area contributed by atoms with E-state index in [0.29, 0.717) is 6.61 Å². The predicted molar refractivity (Wildman–Crippen MR) is 118 cm³/mol. The maximum atomic E-state index is 10.5. The van der Waals surface area contributed by atoms with E-state index in [9.17, 15) is 15.3 Å². The van der Waals surface area contributed by atoms with Crippen molar-refractivity contribution < 1.29 is 39.0 Å². The highest BCUT2D eigenvalue weighted by atomic mass is 32.2. The lowest BCUT2D eigenvalue weighted by molar-refractivity contribution is -0.361. The molecule has 0 unspecified atom stereocenters. The Morgan fingerprint density at radius 3 is 2.55 bits per heavy atom. The summed E-state index contributed by atoms with van der Waals surface area (Å²) in [7, 11) is 0. The summed E-state index contributed by atoms with van der Waals surface area (Å²) in [5.74, 6) is 0.0914. The van der Waals surface area contributed by atoms with E-state index in [1.54, 1.807) is 0 Å². The second-order valence-electron chi connectivity index (χ2n) is 9.18. The van der Waals surface area contributed by atoms with Crippen LogP contribution in [0.15, 0.2) is 0 Å². The van der Waals surface area contributed by atoms with Gasteiger partial charge in [-0.25, -0.2) is 0 Å². The van der Waals surface area contributed by atoms with Crippen molar-refractivity contribution in [1.82, 2.24) is 0 Å². The molecule has 0 amide bonds. The van der Waals surface area contributed by atoms with E-state index in [2.05, 4.69) is 0 Å². The quantitative estimate of drug-likeness (QED) is 0.446. The monoisotopic (exact) mass is 480 g/mol. The molecule has 0 bridgehead atoms. The van der Waals surface area contributed by atoms with Crippen molar-refractivity contribution in [3.8, 4) is 0 Å². The van der Waals surface area contributed by atoms with E-state index in [4.69, 9.17) is 23.7 Å². The number of hydrogen-bond donors (Lipinski definition) is 3. The molecule has 4 heterocycles. The molecule has 8 nitrogen and oxygen atoms in total. The first-order chi connectivity index (χ1) is 14.8. The number of ether oxygens (including phenoxy) is 5. The van der Waals surface area contributed by atoms with E-state index in [1.165, 1.54) is 6.42 Å². The van der Waals surface area contributed by atoms with Gasteiger partial charge in [0.15, 0.2) is 18.2 Å². The third kappa shape index (κ3) is 5.08. The standard InChI is InChI=1S/C21H36O8S2/c1-19(2)28-17-18(29-19)26-16(15(24)13-23)21(17)25-9-6-14(27-21)12-20(7-3-4-8-22)30-10-5-11-31-20/h14-18,22-24H,3-13H2,1-2H3/t14-,15+,16+,17-,18+,21+/m0/s1. The molecule has 6 atom stereocenters. The topological polar surface area (TPSA) is 107 Å². The molecule has 0 aromatic carbocycles. The van der Waals surface area contributed by atoms with Crippen LogP contribution in [0.5, 0.6) is 0 Å². The number of aliphatic hydroxyl groups excluding tert-OH is 3. The Kier molecular flexibility index (Phi) is 7.85. The van der Waals surface area contributed by atoms with Crippen LogP contribution in [0.2, 0.25) is 0 Å². The van der Waals surface area contributed by atoms with Crippen LogP contribution in [0, 0.1) is 0 Å². The highest BCUT2D eigenvalue weighted by molar-refractivity contribution is 8.18. The van der Waals surface area contributed by atoms with Gasteiger partial charge < -0.3 is 39.0 Å². The molecule has 0 aromatic heterocycles. The van der Waals surface area contributed by atoms with Gasteiger partial charge in [-0.2, -0.15) is 0 Å². The highest BCUT2D eigenvalue weighted by Crippen LogP contribution is 2.53. The van der Waals surface area contributed by atoms with Crippen LogP contribution < -0.4 is 0 Å². The van der Waals surface area contributed by atoms with Crippen molar-refractivity contribution in [1.29, 1.82) is 0 Å². The van der Waals surface area contributed by atoms with Crippen LogP contribution in [-0.4, -0.2) is 93.0 Å². The van der Waals surface area contributed by atoms with Crippen molar-refractivity contribution in [2.45, 2.75) is 98.7 Å². The third-order valence-electron chi connectivity index (χ3n) is 6.31. The van der Waals surface area contributed by atoms with Gasteiger partial charge in [0.2, 0.25) is 5.79 Å². The Morgan fingerprint density at radius 1 is 1.06 bits per heavy atom. The van der Waals surface area contributed by atoms with Gasteiger partial charge in [0, 0.05) is 6.61 Å². The number of aliphatic hydroxyl groups is 3. The van der Waals surface area contributed by atoms with E-state index >= 15 is 0 Å². The molecule has 31 heavy (non-hydrogen) atoms. The van der Waals surface area contributed by atoms with Gasteiger partial charge in [-0.05, 0) is 63.9 Å².